The maximum Gasteiger partial charge on any atom is 0.258 e. The lowest BCUT2D eigenvalue weighted by atomic mass is 10.1. The number of nitrogens with zero attached hydrogens (tertiary/aromatic N) is 5. The highest BCUT2D eigenvalue weighted by Crippen LogP contribution is 2.23. The number of hydrogen-bond acceptors (Lipinski definition) is 5. The molecule has 2 heterocycles. The molecule has 0 saturated carbocycles. The quantitative estimate of drug-likeness (QED) is 0.481. The number of anilines is 1. The minimum Gasteiger partial charge on any atom is -0.497 e. The van der Waals surface area contributed by atoms with Crippen LogP contribution in [0.1, 0.15) is 27.6 Å². The Morgan fingerprint density at radius 1 is 1.10 bits per heavy atom. The lowest BCUT2D eigenvalue weighted by molar-refractivity contribution is 0.0984. The van der Waals surface area contributed by atoms with Gasteiger partial charge in [-0.15, -0.1) is 5.10 Å². The summed E-state index contributed by atoms with van der Waals surface area (Å²) in [6.45, 7) is 3.87. The standard InChI is InChI=1S/C22H20ClN5O2/c1-14-20(23)15(2)28-22(24-14)25-19(26-28)13-27(17-9-5-4-6-10-17)21(29)16-8-7-11-18(12-16)30-3/h4-12H,13H2,1-3H3. The number of aryl methyl sites for hydroxylation is 2. The van der Waals surface area contributed by atoms with Crippen molar-refractivity contribution in [2.45, 2.75) is 20.4 Å². The van der Waals surface area contributed by atoms with Gasteiger partial charge in [-0.2, -0.15) is 9.50 Å². The van der Waals surface area contributed by atoms with Gasteiger partial charge in [0.25, 0.3) is 11.7 Å². The molecule has 0 N–H and O–H groups in total. The summed E-state index contributed by atoms with van der Waals surface area (Å²) < 4.78 is 6.87. The highest BCUT2D eigenvalue weighted by atomic mass is 35.5. The second-order valence-electron chi connectivity index (χ2n) is 6.80. The predicted molar refractivity (Wildman–Crippen MR) is 115 cm³/mol. The number of fused-ring (bicyclic) bond motifs is 1. The normalized spacial score (nSPS) is 10.9. The average Bonchev–Trinajstić information content (AvgIpc) is 3.18. The van der Waals surface area contributed by atoms with E-state index in [4.69, 9.17) is 16.3 Å². The number of amides is 1. The molecule has 0 aliphatic rings. The first-order valence-corrected chi connectivity index (χ1v) is 9.75. The van der Waals surface area contributed by atoms with Gasteiger partial charge in [0.1, 0.15) is 5.75 Å². The molecule has 0 aliphatic heterocycles. The molecule has 0 atom stereocenters. The van der Waals surface area contributed by atoms with E-state index >= 15 is 0 Å². The summed E-state index contributed by atoms with van der Waals surface area (Å²) in [7, 11) is 1.57. The number of para-hydroxylation sites is 1. The van der Waals surface area contributed by atoms with Gasteiger partial charge < -0.3 is 9.64 Å². The molecule has 152 valence electrons. The van der Waals surface area contributed by atoms with Crippen molar-refractivity contribution in [3.8, 4) is 5.75 Å². The van der Waals surface area contributed by atoms with Crippen molar-refractivity contribution in [3.05, 3.63) is 82.4 Å². The van der Waals surface area contributed by atoms with E-state index in [9.17, 15) is 4.79 Å². The molecule has 0 unspecified atom stereocenters. The molecule has 2 aromatic heterocycles. The third-order valence-electron chi connectivity index (χ3n) is 4.78. The van der Waals surface area contributed by atoms with E-state index in [2.05, 4.69) is 15.1 Å². The first-order chi connectivity index (χ1) is 14.5. The molecular formula is C22H20ClN5O2. The van der Waals surface area contributed by atoms with E-state index < -0.39 is 0 Å². The molecule has 8 heteroatoms. The first kappa shape index (κ1) is 19.8. The molecule has 2 aromatic carbocycles. The van der Waals surface area contributed by atoms with Crippen molar-refractivity contribution >= 4 is 29.0 Å². The van der Waals surface area contributed by atoms with Gasteiger partial charge in [0.2, 0.25) is 0 Å². The highest BCUT2D eigenvalue weighted by molar-refractivity contribution is 6.31. The summed E-state index contributed by atoms with van der Waals surface area (Å²) in [6.07, 6.45) is 0. The van der Waals surface area contributed by atoms with Crippen LogP contribution in [0.5, 0.6) is 5.75 Å². The van der Waals surface area contributed by atoms with E-state index in [1.54, 1.807) is 40.8 Å². The van der Waals surface area contributed by atoms with Crippen LogP contribution in [0.4, 0.5) is 5.69 Å². The summed E-state index contributed by atoms with van der Waals surface area (Å²) in [5.74, 6) is 1.35. The molecule has 0 bridgehead atoms. The Balaban J connectivity index is 1.75. The molecular weight excluding hydrogens is 402 g/mol. The van der Waals surface area contributed by atoms with Crippen LogP contribution < -0.4 is 9.64 Å². The number of methoxy groups -OCH3 is 1. The fourth-order valence-electron chi connectivity index (χ4n) is 3.21. The van der Waals surface area contributed by atoms with Crippen LogP contribution in [-0.4, -0.2) is 32.6 Å². The number of carbonyl (C=O) groups is 1. The van der Waals surface area contributed by atoms with Crippen molar-refractivity contribution in [1.82, 2.24) is 19.6 Å². The van der Waals surface area contributed by atoms with Crippen LogP contribution in [0.25, 0.3) is 5.78 Å². The Morgan fingerprint density at radius 2 is 1.87 bits per heavy atom. The lowest BCUT2D eigenvalue weighted by Crippen LogP contribution is -2.31. The van der Waals surface area contributed by atoms with E-state index in [0.717, 1.165) is 11.4 Å². The number of carbonyl (C=O) groups excluding carboxylic acids is 1. The smallest absolute Gasteiger partial charge is 0.258 e. The SMILES string of the molecule is COc1cccc(C(=O)N(Cc2nc3nc(C)c(Cl)c(C)n3n2)c2ccccc2)c1. The third-order valence-corrected chi connectivity index (χ3v) is 5.33. The van der Waals surface area contributed by atoms with Crippen LogP contribution in [0.3, 0.4) is 0 Å². The molecule has 7 nitrogen and oxygen atoms in total. The highest BCUT2D eigenvalue weighted by Gasteiger charge is 2.21. The Kier molecular flexibility index (Phi) is 5.37. The van der Waals surface area contributed by atoms with Crippen LogP contribution in [0.15, 0.2) is 54.6 Å². The van der Waals surface area contributed by atoms with E-state index in [1.807, 2.05) is 44.2 Å². The van der Waals surface area contributed by atoms with E-state index in [1.165, 1.54) is 0 Å². The Bertz CT molecular complexity index is 1220. The molecule has 0 saturated heterocycles. The van der Waals surface area contributed by atoms with Gasteiger partial charge in [-0.05, 0) is 44.2 Å². The minimum atomic E-state index is -0.183. The van der Waals surface area contributed by atoms with E-state index in [-0.39, 0.29) is 12.5 Å². The number of rotatable bonds is 5. The zero-order valence-electron chi connectivity index (χ0n) is 16.8. The van der Waals surface area contributed by atoms with Crippen molar-refractivity contribution in [2.75, 3.05) is 12.0 Å². The van der Waals surface area contributed by atoms with Crippen LogP contribution >= 0.6 is 11.6 Å². The third kappa shape index (κ3) is 3.71. The fourth-order valence-corrected chi connectivity index (χ4v) is 3.33. The Hall–Kier alpha value is -3.45. The molecule has 0 spiro atoms. The Morgan fingerprint density at radius 3 is 2.60 bits per heavy atom. The summed E-state index contributed by atoms with van der Waals surface area (Å²) in [6, 6.07) is 16.5. The van der Waals surface area contributed by atoms with E-state index in [0.29, 0.717) is 33.6 Å². The van der Waals surface area contributed by atoms with Gasteiger partial charge in [0.15, 0.2) is 5.82 Å². The van der Waals surface area contributed by atoms with Crippen molar-refractivity contribution in [3.63, 3.8) is 0 Å². The lowest BCUT2D eigenvalue weighted by Gasteiger charge is -2.21. The van der Waals surface area contributed by atoms with Gasteiger partial charge in [0, 0.05) is 11.3 Å². The summed E-state index contributed by atoms with van der Waals surface area (Å²) in [5.41, 5.74) is 2.69. The Labute approximate surface area is 178 Å². The van der Waals surface area contributed by atoms with Crippen LogP contribution in [0, 0.1) is 13.8 Å². The van der Waals surface area contributed by atoms with Crippen LogP contribution in [-0.2, 0) is 6.54 Å². The average molecular weight is 422 g/mol. The van der Waals surface area contributed by atoms with Crippen molar-refractivity contribution in [2.24, 2.45) is 0 Å². The largest absolute Gasteiger partial charge is 0.497 e. The maximum atomic E-state index is 13.4. The number of benzene rings is 2. The van der Waals surface area contributed by atoms with Gasteiger partial charge in [-0.3, -0.25) is 4.79 Å². The van der Waals surface area contributed by atoms with Gasteiger partial charge in [0.05, 0.1) is 30.1 Å². The molecule has 1 amide bonds. The van der Waals surface area contributed by atoms with Gasteiger partial charge >= 0.3 is 0 Å². The summed E-state index contributed by atoms with van der Waals surface area (Å²) >= 11 is 6.30. The minimum absolute atomic E-state index is 0.180. The second kappa shape index (κ2) is 8.12. The molecule has 0 aliphatic carbocycles. The molecule has 30 heavy (non-hydrogen) atoms. The molecule has 4 rings (SSSR count). The number of halogens is 1. The number of aromatic nitrogens is 4. The van der Waals surface area contributed by atoms with Crippen molar-refractivity contribution in [1.29, 1.82) is 0 Å². The maximum absolute atomic E-state index is 13.4. The topological polar surface area (TPSA) is 72.6 Å². The fraction of sp³-hybridized carbons (Fsp3) is 0.182. The number of ether oxygens (including phenoxy) is 1. The first-order valence-electron chi connectivity index (χ1n) is 9.37. The second-order valence-corrected chi connectivity index (χ2v) is 7.17. The monoisotopic (exact) mass is 421 g/mol. The summed E-state index contributed by atoms with van der Waals surface area (Å²) in [4.78, 5) is 23.9. The van der Waals surface area contributed by atoms with Crippen LogP contribution in [0.2, 0.25) is 5.02 Å². The van der Waals surface area contributed by atoms with Crippen molar-refractivity contribution < 1.29 is 9.53 Å². The van der Waals surface area contributed by atoms with Gasteiger partial charge in [-0.1, -0.05) is 35.9 Å². The molecule has 4 aromatic rings. The zero-order chi connectivity index (χ0) is 21.3. The number of hydrogen-bond donors (Lipinski definition) is 0. The molecule has 0 fully saturated rings. The molecule has 0 radical (unpaired) electrons. The van der Waals surface area contributed by atoms with Gasteiger partial charge in [-0.25, -0.2) is 4.98 Å². The summed E-state index contributed by atoms with van der Waals surface area (Å²) in [5, 5.41) is 5.08. The predicted octanol–water partition coefficient (Wildman–Crippen LogP) is 4.25. The zero-order valence-corrected chi connectivity index (χ0v) is 17.6.